The fraction of sp³-hybridized carbons (Fsp3) is 0.529. The van der Waals surface area contributed by atoms with E-state index in [2.05, 4.69) is 30.0 Å². The van der Waals surface area contributed by atoms with Gasteiger partial charge in [0.2, 0.25) is 0 Å². The highest BCUT2D eigenvalue weighted by Crippen LogP contribution is 2.29. The minimum Gasteiger partial charge on any atom is -0.461 e. The molecule has 1 saturated heterocycles. The number of hydrogen-bond acceptors (Lipinski definition) is 3. The molecule has 20 heavy (non-hydrogen) atoms. The van der Waals surface area contributed by atoms with Gasteiger partial charge in [0.25, 0.3) is 0 Å². The number of para-hydroxylation sites is 1. The zero-order chi connectivity index (χ0) is 13.9. The molecule has 108 valence electrons. The summed E-state index contributed by atoms with van der Waals surface area (Å²) in [6.07, 6.45) is 5.03. The minimum atomic E-state index is 0.641. The van der Waals surface area contributed by atoms with E-state index < -0.39 is 0 Å². The number of piperidine rings is 1. The van der Waals surface area contributed by atoms with Crippen LogP contribution in [0.25, 0.3) is 11.0 Å². The smallest absolute Gasteiger partial charge is 0.134 e. The van der Waals surface area contributed by atoms with Crippen LogP contribution in [-0.2, 0) is 6.54 Å². The van der Waals surface area contributed by atoms with E-state index in [0.29, 0.717) is 6.04 Å². The number of rotatable bonds is 4. The number of nitrogens with zero attached hydrogens (tertiary/aromatic N) is 1. The molecular weight excluding hydrogens is 248 g/mol. The molecule has 0 aliphatic carbocycles. The lowest BCUT2D eigenvalue weighted by molar-refractivity contribution is 0.134. The van der Waals surface area contributed by atoms with Crippen molar-refractivity contribution in [1.29, 1.82) is 0 Å². The van der Waals surface area contributed by atoms with Gasteiger partial charge in [0, 0.05) is 23.5 Å². The number of benzene rings is 1. The second-order valence-electron chi connectivity index (χ2n) is 5.83. The van der Waals surface area contributed by atoms with E-state index in [1.807, 2.05) is 6.07 Å². The molecule has 1 fully saturated rings. The van der Waals surface area contributed by atoms with Crippen LogP contribution < -0.4 is 5.73 Å². The van der Waals surface area contributed by atoms with Crippen LogP contribution in [0.15, 0.2) is 28.7 Å². The predicted molar refractivity (Wildman–Crippen MR) is 82.7 cm³/mol. The van der Waals surface area contributed by atoms with Crippen molar-refractivity contribution in [1.82, 2.24) is 4.90 Å². The number of hydrogen-bond donors (Lipinski definition) is 1. The van der Waals surface area contributed by atoms with Crippen LogP contribution in [-0.4, -0.2) is 24.0 Å². The van der Waals surface area contributed by atoms with Crippen LogP contribution in [0.3, 0.4) is 0 Å². The van der Waals surface area contributed by atoms with Crippen molar-refractivity contribution in [3.63, 3.8) is 0 Å². The van der Waals surface area contributed by atoms with E-state index in [-0.39, 0.29) is 0 Å². The molecule has 0 spiro atoms. The SMILES string of the molecule is Cc1oc2ccccc2c1CN1CCCCC1CCN. The van der Waals surface area contributed by atoms with Gasteiger partial charge >= 0.3 is 0 Å². The summed E-state index contributed by atoms with van der Waals surface area (Å²) in [4.78, 5) is 2.60. The zero-order valence-corrected chi connectivity index (χ0v) is 12.3. The first-order valence-electron chi connectivity index (χ1n) is 7.70. The number of likely N-dealkylation sites (tertiary alicyclic amines) is 1. The van der Waals surface area contributed by atoms with Crippen LogP contribution in [0.4, 0.5) is 0 Å². The summed E-state index contributed by atoms with van der Waals surface area (Å²) >= 11 is 0. The Morgan fingerprint density at radius 3 is 3.00 bits per heavy atom. The van der Waals surface area contributed by atoms with Gasteiger partial charge in [0.15, 0.2) is 0 Å². The fourth-order valence-electron chi connectivity index (χ4n) is 3.41. The Hall–Kier alpha value is -1.32. The largest absolute Gasteiger partial charge is 0.461 e. The number of furan rings is 1. The van der Waals surface area contributed by atoms with E-state index >= 15 is 0 Å². The molecular formula is C17H24N2O. The second-order valence-corrected chi connectivity index (χ2v) is 5.83. The summed E-state index contributed by atoms with van der Waals surface area (Å²) in [5.41, 5.74) is 8.13. The highest BCUT2D eigenvalue weighted by atomic mass is 16.3. The Labute approximate surface area is 120 Å². The Bertz CT molecular complexity index is 573. The summed E-state index contributed by atoms with van der Waals surface area (Å²) in [6, 6.07) is 8.99. The maximum atomic E-state index is 5.88. The first-order chi connectivity index (χ1) is 9.79. The van der Waals surface area contributed by atoms with E-state index in [0.717, 1.165) is 30.9 Å². The van der Waals surface area contributed by atoms with Crippen LogP contribution >= 0.6 is 0 Å². The third-order valence-electron chi connectivity index (χ3n) is 4.51. The first kappa shape index (κ1) is 13.7. The first-order valence-corrected chi connectivity index (χ1v) is 7.70. The lowest BCUT2D eigenvalue weighted by Crippen LogP contribution is -2.40. The molecule has 1 unspecified atom stereocenters. The molecule has 0 amide bonds. The standard InChI is InChI=1S/C17H24N2O/c1-13-16(15-7-2-3-8-17(15)20-13)12-19-11-5-4-6-14(19)9-10-18/h2-3,7-8,14H,4-6,9-12,18H2,1H3. The molecule has 0 radical (unpaired) electrons. The number of aryl methyl sites for hydroxylation is 1. The van der Waals surface area contributed by atoms with Gasteiger partial charge in [-0.2, -0.15) is 0 Å². The van der Waals surface area contributed by atoms with E-state index in [1.165, 1.54) is 36.8 Å². The Balaban J connectivity index is 1.86. The maximum absolute atomic E-state index is 5.88. The van der Waals surface area contributed by atoms with Crippen LogP contribution in [0, 0.1) is 6.92 Å². The van der Waals surface area contributed by atoms with Crippen molar-refractivity contribution in [2.75, 3.05) is 13.1 Å². The zero-order valence-electron chi connectivity index (χ0n) is 12.3. The summed E-state index contributed by atoms with van der Waals surface area (Å²) in [5, 5.41) is 1.27. The minimum absolute atomic E-state index is 0.641. The molecule has 2 heterocycles. The monoisotopic (exact) mass is 272 g/mol. The van der Waals surface area contributed by atoms with Crippen LogP contribution in [0.2, 0.25) is 0 Å². The van der Waals surface area contributed by atoms with Crippen molar-refractivity contribution in [3.05, 3.63) is 35.6 Å². The molecule has 1 aromatic heterocycles. The molecule has 1 aliphatic heterocycles. The Morgan fingerprint density at radius 1 is 1.30 bits per heavy atom. The molecule has 3 heteroatoms. The quantitative estimate of drug-likeness (QED) is 0.927. The molecule has 2 aromatic rings. The van der Waals surface area contributed by atoms with Gasteiger partial charge in [-0.3, -0.25) is 4.90 Å². The summed E-state index contributed by atoms with van der Waals surface area (Å²) < 4.78 is 5.88. The van der Waals surface area contributed by atoms with Gasteiger partial charge in [-0.15, -0.1) is 0 Å². The Morgan fingerprint density at radius 2 is 2.15 bits per heavy atom. The lowest BCUT2D eigenvalue weighted by Gasteiger charge is -2.35. The van der Waals surface area contributed by atoms with Crippen LogP contribution in [0.1, 0.15) is 37.0 Å². The van der Waals surface area contributed by atoms with E-state index in [4.69, 9.17) is 10.2 Å². The van der Waals surface area contributed by atoms with E-state index in [9.17, 15) is 0 Å². The van der Waals surface area contributed by atoms with Crippen molar-refractivity contribution < 1.29 is 4.42 Å². The molecule has 2 N–H and O–H groups in total. The van der Waals surface area contributed by atoms with E-state index in [1.54, 1.807) is 0 Å². The number of fused-ring (bicyclic) bond motifs is 1. The van der Waals surface area contributed by atoms with Crippen molar-refractivity contribution in [2.24, 2.45) is 5.73 Å². The van der Waals surface area contributed by atoms with Crippen molar-refractivity contribution >= 4 is 11.0 Å². The number of nitrogens with two attached hydrogens (primary N) is 1. The third kappa shape index (κ3) is 2.60. The highest BCUT2D eigenvalue weighted by Gasteiger charge is 2.23. The molecule has 1 aliphatic rings. The van der Waals surface area contributed by atoms with Crippen LogP contribution in [0.5, 0.6) is 0 Å². The summed E-state index contributed by atoms with van der Waals surface area (Å²) in [7, 11) is 0. The Kier molecular flexibility index (Phi) is 4.08. The summed E-state index contributed by atoms with van der Waals surface area (Å²) in [5.74, 6) is 1.06. The molecule has 0 saturated carbocycles. The van der Waals surface area contributed by atoms with Gasteiger partial charge < -0.3 is 10.2 Å². The van der Waals surface area contributed by atoms with Crippen molar-refractivity contribution in [2.45, 2.75) is 45.2 Å². The topological polar surface area (TPSA) is 42.4 Å². The second kappa shape index (κ2) is 5.98. The van der Waals surface area contributed by atoms with Gasteiger partial charge in [0.1, 0.15) is 11.3 Å². The van der Waals surface area contributed by atoms with Crippen molar-refractivity contribution in [3.8, 4) is 0 Å². The van der Waals surface area contributed by atoms with Gasteiger partial charge in [-0.1, -0.05) is 24.6 Å². The van der Waals surface area contributed by atoms with Gasteiger partial charge in [0.05, 0.1) is 0 Å². The molecule has 1 aromatic carbocycles. The summed E-state index contributed by atoms with van der Waals surface area (Å²) in [6.45, 7) is 5.04. The lowest BCUT2D eigenvalue weighted by atomic mass is 9.98. The fourth-order valence-corrected chi connectivity index (χ4v) is 3.41. The third-order valence-corrected chi connectivity index (χ3v) is 4.51. The molecule has 1 atom stereocenters. The van der Waals surface area contributed by atoms with Gasteiger partial charge in [-0.05, 0) is 45.3 Å². The van der Waals surface area contributed by atoms with Gasteiger partial charge in [-0.25, -0.2) is 0 Å². The normalized spacial score (nSPS) is 20.6. The predicted octanol–water partition coefficient (Wildman–Crippen LogP) is 3.44. The average Bonchev–Trinajstić information content (AvgIpc) is 2.78. The highest BCUT2D eigenvalue weighted by molar-refractivity contribution is 5.82. The molecule has 3 rings (SSSR count). The molecule has 3 nitrogen and oxygen atoms in total. The molecule has 0 bridgehead atoms. The maximum Gasteiger partial charge on any atom is 0.134 e. The average molecular weight is 272 g/mol.